The van der Waals surface area contributed by atoms with Gasteiger partial charge in [-0.05, 0) is 43.7 Å². The summed E-state index contributed by atoms with van der Waals surface area (Å²) in [5.41, 5.74) is 1.05. The van der Waals surface area contributed by atoms with Crippen LogP contribution in [0.25, 0.3) is 0 Å². The number of aromatic nitrogens is 1. The Bertz CT molecular complexity index is 853. The summed E-state index contributed by atoms with van der Waals surface area (Å²) in [6, 6.07) is 7.70. The minimum Gasteiger partial charge on any atom is -0.451 e. The average molecular weight is 409 g/mol. The Hall–Kier alpha value is -2.44. The maximum atomic E-state index is 12.4. The number of benzene rings is 1. The normalized spacial score (nSPS) is 11.6. The summed E-state index contributed by atoms with van der Waals surface area (Å²) in [5.74, 6) is -1.19. The summed E-state index contributed by atoms with van der Waals surface area (Å²) in [6.45, 7) is 3.39. The summed E-state index contributed by atoms with van der Waals surface area (Å²) in [4.78, 5) is 39.9. The Morgan fingerprint density at radius 1 is 1.15 bits per heavy atom. The van der Waals surface area contributed by atoms with Crippen molar-refractivity contribution in [1.82, 2.24) is 4.98 Å². The van der Waals surface area contributed by atoms with E-state index in [0.717, 1.165) is 6.42 Å². The quantitative estimate of drug-likeness (QED) is 0.412. The summed E-state index contributed by atoms with van der Waals surface area (Å²) in [7, 11) is 0. The molecule has 0 aliphatic heterocycles. The molecular formula is C19H18Cl2N2O4. The van der Waals surface area contributed by atoms with Gasteiger partial charge in [0.1, 0.15) is 5.15 Å². The number of hydrogen-bond donors (Lipinski definition) is 1. The van der Waals surface area contributed by atoms with Crippen molar-refractivity contribution in [3.8, 4) is 0 Å². The van der Waals surface area contributed by atoms with Gasteiger partial charge in [0.2, 0.25) is 11.7 Å². The molecule has 0 aliphatic rings. The fraction of sp³-hybridized carbons (Fsp3) is 0.263. The van der Waals surface area contributed by atoms with Gasteiger partial charge in [0.05, 0.1) is 10.6 Å². The van der Waals surface area contributed by atoms with E-state index in [1.807, 2.05) is 6.92 Å². The minimum atomic E-state index is -1.01. The van der Waals surface area contributed by atoms with Crippen LogP contribution in [0.1, 0.15) is 47.4 Å². The van der Waals surface area contributed by atoms with Crippen molar-refractivity contribution in [2.45, 2.75) is 32.8 Å². The highest BCUT2D eigenvalue weighted by atomic mass is 35.5. The van der Waals surface area contributed by atoms with Crippen molar-refractivity contribution < 1.29 is 19.1 Å². The average Bonchev–Trinajstić information content (AvgIpc) is 2.64. The molecule has 1 aromatic carbocycles. The van der Waals surface area contributed by atoms with Crippen LogP contribution in [0.4, 0.5) is 5.69 Å². The maximum Gasteiger partial charge on any atom is 0.340 e. The molecule has 0 bridgehead atoms. The fourth-order valence-electron chi connectivity index (χ4n) is 2.22. The number of carbonyl (C=O) groups is 3. The van der Waals surface area contributed by atoms with Gasteiger partial charge in [0.15, 0.2) is 6.10 Å². The molecule has 142 valence electrons. The number of carbonyl (C=O) groups excluding carboxylic acids is 3. The van der Waals surface area contributed by atoms with E-state index >= 15 is 0 Å². The molecule has 0 saturated carbocycles. The Morgan fingerprint density at radius 2 is 1.81 bits per heavy atom. The van der Waals surface area contributed by atoms with Gasteiger partial charge < -0.3 is 10.1 Å². The zero-order valence-corrected chi connectivity index (χ0v) is 16.3. The molecular weight excluding hydrogens is 391 g/mol. The predicted octanol–water partition coefficient (Wildman–Crippen LogP) is 4.56. The Balaban J connectivity index is 2.00. The second-order valence-corrected chi connectivity index (χ2v) is 6.55. The molecule has 2 rings (SSSR count). The number of pyridine rings is 1. The van der Waals surface area contributed by atoms with Gasteiger partial charge in [-0.25, -0.2) is 9.78 Å². The van der Waals surface area contributed by atoms with Crippen LogP contribution in [-0.2, 0) is 9.53 Å². The van der Waals surface area contributed by atoms with E-state index < -0.39 is 12.1 Å². The van der Waals surface area contributed by atoms with Crippen LogP contribution in [0.3, 0.4) is 0 Å². The highest BCUT2D eigenvalue weighted by Crippen LogP contribution is 2.21. The van der Waals surface area contributed by atoms with Gasteiger partial charge in [-0.3, -0.25) is 9.59 Å². The van der Waals surface area contributed by atoms with Crippen molar-refractivity contribution in [2.75, 3.05) is 5.32 Å². The van der Waals surface area contributed by atoms with Crippen molar-refractivity contribution in [3.05, 3.63) is 57.8 Å². The largest absolute Gasteiger partial charge is 0.451 e. The number of nitrogens with one attached hydrogen (secondary N) is 1. The first-order valence-electron chi connectivity index (χ1n) is 8.28. The van der Waals surface area contributed by atoms with Crippen molar-refractivity contribution in [1.29, 1.82) is 0 Å². The third kappa shape index (κ3) is 5.77. The van der Waals surface area contributed by atoms with Gasteiger partial charge in [-0.15, -0.1) is 0 Å². The smallest absolute Gasteiger partial charge is 0.340 e. The second-order valence-electron chi connectivity index (χ2n) is 5.78. The second kappa shape index (κ2) is 9.48. The molecule has 1 heterocycles. The first-order chi connectivity index (χ1) is 12.8. The lowest BCUT2D eigenvalue weighted by atomic mass is 10.1. The van der Waals surface area contributed by atoms with Crippen molar-refractivity contribution >= 4 is 46.5 Å². The van der Waals surface area contributed by atoms with Crippen LogP contribution in [0.5, 0.6) is 0 Å². The van der Waals surface area contributed by atoms with E-state index in [4.69, 9.17) is 27.9 Å². The summed E-state index contributed by atoms with van der Waals surface area (Å²) in [6.07, 6.45) is 1.39. The van der Waals surface area contributed by atoms with Gasteiger partial charge >= 0.3 is 5.97 Å². The van der Waals surface area contributed by atoms with Gasteiger partial charge in [0, 0.05) is 23.9 Å². The molecule has 0 unspecified atom stereocenters. The molecule has 2 aromatic rings. The number of hydrogen-bond acceptors (Lipinski definition) is 5. The minimum absolute atomic E-state index is 0.0726. The van der Waals surface area contributed by atoms with Crippen LogP contribution in [0.15, 0.2) is 36.5 Å². The molecule has 1 N–H and O–H groups in total. The van der Waals surface area contributed by atoms with E-state index in [0.29, 0.717) is 17.7 Å². The highest BCUT2D eigenvalue weighted by molar-refractivity contribution is 6.41. The monoisotopic (exact) mass is 408 g/mol. The molecule has 0 radical (unpaired) electrons. The summed E-state index contributed by atoms with van der Waals surface area (Å²) < 4.78 is 5.17. The number of ether oxygens (including phenoxy) is 1. The number of amides is 1. The third-order valence-corrected chi connectivity index (χ3v) is 4.30. The fourth-order valence-corrected chi connectivity index (χ4v) is 2.49. The maximum absolute atomic E-state index is 12.4. The van der Waals surface area contributed by atoms with Crippen LogP contribution >= 0.6 is 23.2 Å². The lowest BCUT2D eigenvalue weighted by Gasteiger charge is -2.13. The van der Waals surface area contributed by atoms with Crippen molar-refractivity contribution in [3.63, 3.8) is 0 Å². The van der Waals surface area contributed by atoms with E-state index in [1.54, 1.807) is 24.3 Å². The predicted molar refractivity (Wildman–Crippen MR) is 103 cm³/mol. The van der Waals surface area contributed by atoms with Gasteiger partial charge in [-0.2, -0.15) is 0 Å². The molecule has 0 fully saturated rings. The number of esters is 1. The van der Waals surface area contributed by atoms with Crippen LogP contribution in [-0.4, -0.2) is 28.7 Å². The zero-order valence-electron chi connectivity index (χ0n) is 14.8. The summed E-state index contributed by atoms with van der Waals surface area (Å²) >= 11 is 11.5. The number of nitrogens with zero attached hydrogens (tertiary/aromatic N) is 1. The molecule has 8 heteroatoms. The van der Waals surface area contributed by atoms with E-state index in [2.05, 4.69) is 10.3 Å². The van der Waals surface area contributed by atoms with E-state index in [1.165, 1.54) is 19.2 Å². The standard InChI is InChI=1S/C19H18Cl2N2O4/c1-3-4-16(24)23-14-7-5-12(6-8-14)17(25)11(2)27-19(26)13-9-15(20)18(21)22-10-13/h5-11H,3-4H2,1-2H3,(H,23,24)/t11-/m0/s1. The Kier molecular flexibility index (Phi) is 7.33. The Morgan fingerprint density at radius 3 is 2.41 bits per heavy atom. The van der Waals surface area contributed by atoms with Gasteiger partial charge in [0.25, 0.3) is 0 Å². The van der Waals surface area contributed by atoms with Crippen molar-refractivity contribution in [2.24, 2.45) is 0 Å². The zero-order chi connectivity index (χ0) is 20.0. The van der Waals surface area contributed by atoms with E-state index in [9.17, 15) is 14.4 Å². The molecule has 6 nitrogen and oxygen atoms in total. The molecule has 1 atom stereocenters. The first kappa shape index (κ1) is 20.9. The molecule has 1 amide bonds. The van der Waals surface area contributed by atoms with Crippen LogP contribution in [0.2, 0.25) is 10.2 Å². The molecule has 0 aliphatic carbocycles. The number of halogens is 2. The molecule has 1 aromatic heterocycles. The SMILES string of the molecule is CCCC(=O)Nc1ccc(C(=O)[C@H](C)OC(=O)c2cnc(Cl)c(Cl)c2)cc1. The number of rotatable bonds is 7. The topological polar surface area (TPSA) is 85.4 Å². The molecule has 0 saturated heterocycles. The lowest BCUT2D eigenvalue weighted by Crippen LogP contribution is -2.24. The third-order valence-electron chi connectivity index (χ3n) is 3.62. The molecule has 27 heavy (non-hydrogen) atoms. The highest BCUT2D eigenvalue weighted by Gasteiger charge is 2.21. The number of ketones is 1. The van der Waals surface area contributed by atoms with E-state index in [-0.39, 0.29) is 27.4 Å². The number of anilines is 1. The summed E-state index contributed by atoms with van der Waals surface area (Å²) in [5, 5.41) is 2.93. The van der Waals surface area contributed by atoms with Crippen LogP contribution in [0, 0.1) is 0 Å². The molecule has 0 spiro atoms. The first-order valence-corrected chi connectivity index (χ1v) is 9.03. The number of Topliss-reactive ketones (excluding diaryl/α,β-unsaturated/α-hetero) is 1. The van der Waals surface area contributed by atoms with Crippen LogP contribution < -0.4 is 5.32 Å². The lowest BCUT2D eigenvalue weighted by molar-refractivity contribution is -0.116. The Labute approximate surface area is 166 Å². The van der Waals surface area contributed by atoms with Gasteiger partial charge in [-0.1, -0.05) is 30.1 Å².